The number of aryl methyl sites for hydroxylation is 1. The van der Waals surface area contributed by atoms with Crippen molar-refractivity contribution in [2.75, 3.05) is 31.7 Å². The highest BCUT2D eigenvalue weighted by atomic mass is 32.2. The lowest BCUT2D eigenvalue weighted by atomic mass is 10.1. The van der Waals surface area contributed by atoms with E-state index in [0.717, 1.165) is 36.3 Å². The molecule has 1 atom stereocenters. The summed E-state index contributed by atoms with van der Waals surface area (Å²) < 4.78 is 17.7. The number of benzene rings is 2. The Morgan fingerprint density at radius 2 is 2.11 bits per heavy atom. The number of rotatable bonds is 9. The van der Waals surface area contributed by atoms with Crippen molar-refractivity contribution in [3.63, 3.8) is 0 Å². The number of carbonyl (C=O) groups is 2. The smallest absolute Gasteiger partial charge is 0.266 e. The molecule has 2 saturated heterocycles. The van der Waals surface area contributed by atoms with Crippen LogP contribution in [-0.2, 0) is 14.3 Å². The molecule has 2 amide bonds. The van der Waals surface area contributed by atoms with Crippen LogP contribution in [0.3, 0.4) is 0 Å². The predicted molar refractivity (Wildman–Crippen MR) is 142 cm³/mol. The largest absolute Gasteiger partial charge is 0.490 e. The first-order valence-corrected chi connectivity index (χ1v) is 12.8. The molecule has 184 valence electrons. The number of ether oxygens (including phenoxy) is 3. The molecule has 2 aromatic rings. The Hall–Kier alpha value is -2.88. The van der Waals surface area contributed by atoms with E-state index < -0.39 is 0 Å². The number of nitrogens with one attached hydrogen (secondary N) is 1. The lowest BCUT2D eigenvalue weighted by Crippen LogP contribution is -2.35. The third kappa shape index (κ3) is 6.62. The number of nitrogens with zero attached hydrogens (tertiary/aromatic N) is 1. The van der Waals surface area contributed by atoms with Crippen molar-refractivity contribution in [3.8, 4) is 11.5 Å². The molecule has 2 aliphatic heterocycles. The SMILES string of the molecule is CCOc1cc(/C=C2\SC(=S)N(C[C@H]3CCCO3)C2=O)ccc1OCC(=O)Nc1cccc(C)c1. The Labute approximate surface area is 214 Å². The normalized spacial score (nSPS) is 18.9. The van der Waals surface area contributed by atoms with Gasteiger partial charge in [-0.05, 0) is 68.2 Å². The molecule has 0 radical (unpaired) electrons. The Kier molecular flexibility index (Phi) is 8.43. The molecule has 2 heterocycles. The summed E-state index contributed by atoms with van der Waals surface area (Å²) in [5.74, 6) is 0.576. The Morgan fingerprint density at radius 1 is 1.26 bits per heavy atom. The quantitative estimate of drug-likeness (QED) is 0.382. The van der Waals surface area contributed by atoms with Gasteiger partial charge in [-0.1, -0.05) is 42.2 Å². The van der Waals surface area contributed by atoms with Crippen LogP contribution in [0.15, 0.2) is 47.4 Å². The summed E-state index contributed by atoms with van der Waals surface area (Å²) in [7, 11) is 0. The Bertz CT molecular complexity index is 1140. The van der Waals surface area contributed by atoms with E-state index in [2.05, 4.69) is 5.32 Å². The van der Waals surface area contributed by atoms with E-state index in [-0.39, 0.29) is 24.5 Å². The van der Waals surface area contributed by atoms with Gasteiger partial charge >= 0.3 is 0 Å². The van der Waals surface area contributed by atoms with Crippen molar-refractivity contribution in [3.05, 3.63) is 58.5 Å². The second-order valence-corrected chi connectivity index (χ2v) is 9.95. The molecular formula is C26H28N2O5S2. The fourth-order valence-electron chi connectivity index (χ4n) is 3.87. The van der Waals surface area contributed by atoms with E-state index in [1.165, 1.54) is 11.8 Å². The molecule has 4 rings (SSSR count). The van der Waals surface area contributed by atoms with Gasteiger partial charge in [-0.15, -0.1) is 0 Å². The molecule has 35 heavy (non-hydrogen) atoms. The number of hydrogen-bond donors (Lipinski definition) is 1. The maximum absolute atomic E-state index is 12.9. The van der Waals surface area contributed by atoms with Gasteiger partial charge in [0, 0.05) is 12.3 Å². The molecule has 9 heteroatoms. The van der Waals surface area contributed by atoms with Crippen LogP contribution < -0.4 is 14.8 Å². The van der Waals surface area contributed by atoms with Crippen LogP contribution in [0.1, 0.15) is 30.9 Å². The van der Waals surface area contributed by atoms with Gasteiger partial charge in [0.25, 0.3) is 11.8 Å². The average molecular weight is 513 g/mol. The van der Waals surface area contributed by atoms with Crippen LogP contribution >= 0.6 is 24.0 Å². The molecule has 0 unspecified atom stereocenters. The first kappa shape index (κ1) is 25.2. The number of hydrogen-bond acceptors (Lipinski definition) is 7. The number of amides is 2. The summed E-state index contributed by atoms with van der Waals surface area (Å²) >= 11 is 6.72. The molecule has 0 bridgehead atoms. The van der Waals surface area contributed by atoms with Crippen molar-refractivity contribution in [1.29, 1.82) is 0 Å². The number of anilines is 1. The predicted octanol–water partition coefficient (Wildman–Crippen LogP) is 4.79. The first-order valence-electron chi connectivity index (χ1n) is 11.6. The average Bonchev–Trinajstić information content (AvgIpc) is 3.43. The number of thiocarbonyl (C=S) groups is 1. The Morgan fingerprint density at radius 3 is 2.86 bits per heavy atom. The van der Waals surface area contributed by atoms with Gasteiger partial charge in [0.2, 0.25) is 0 Å². The van der Waals surface area contributed by atoms with Crippen molar-refractivity contribution in [2.24, 2.45) is 0 Å². The van der Waals surface area contributed by atoms with Gasteiger partial charge in [-0.25, -0.2) is 0 Å². The van der Waals surface area contributed by atoms with Gasteiger partial charge in [0.05, 0.1) is 24.2 Å². The van der Waals surface area contributed by atoms with Crippen LogP contribution in [0.25, 0.3) is 6.08 Å². The summed E-state index contributed by atoms with van der Waals surface area (Å²) in [6, 6.07) is 12.9. The van der Waals surface area contributed by atoms with E-state index in [1.807, 2.05) is 44.2 Å². The van der Waals surface area contributed by atoms with Crippen molar-refractivity contribution < 1.29 is 23.8 Å². The highest BCUT2D eigenvalue weighted by Gasteiger charge is 2.34. The van der Waals surface area contributed by atoms with Gasteiger partial charge in [-0.2, -0.15) is 0 Å². The maximum Gasteiger partial charge on any atom is 0.266 e. The fourth-order valence-corrected chi connectivity index (χ4v) is 5.14. The minimum absolute atomic E-state index is 0.0425. The molecule has 2 aromatic carbocycles. The molecule has 0 spiro atoms. The van der Waals surface area contributed by atoms with Gasteiger partial charge in [0.15, 0.2) is 18.1 Å². The maximum atomic E-state index is 12.9. The molecule has 2 fully saturated rings. The van der Waals surface area contributed by atoms with E-state index >= 15 is 0 Å². The van der Waals surface area contributed by atoms with E-state index in [1.54, 1.807) is 23.1 Å². The number of thioether (sulfide) groups is 1. The second-order valence-electron chi connectivity index (χ2n) is 8.27. The van der Waals surface area contributed by atoms with Gasteiger partial charge in [0.1, 0.15) is 4.32 Å². The summed E-state index contributed by atoms with van der Waals surface area (Å²) in [5, 5.41) is 2.82. The molecule has 2 aliphatic rings. The highest BCUT2D eigenvalue weighted by molar-refractivity contribution is 8.26. The molecule has 0 aliphatic carbocycles. The molecule has 7 nitrogen and oxygen atoms in total. The van der Waals surface area contributed by atoms with Crippen molar-refractivity contribution in [1.82, 2.24) is 4.90 Å². The Balaban J connectivity index is 1.42. The zero-order valence-electron chi connectivity index (χ0n) is 19.7. The highest BCUT2D eigenvalue weighted by Crippen LogP contribution is 2.35. The molecular weight excluding hydrogens is 484 g/mol. The van der Waals surface area contributed by atoms with Crippen LogP contribution in [0.5, 0.6) is 11.5 Å². The minimum atomic E-state index is -0.267. The summed E-state index contributed by atoms with van der Waals surface area (Å²) in [6.45, 7) is 5.33. The third-order valence-corrected chi connectivity index (χ3v) is 6.89. The minimum Gasteiger partial charge on any atom is -0.490 e. The monoisotopic (exact) mass is 512 g/mol. The van der Waals surface area contributed by atoms with Crippen LogP contribution in [0.4, 0.5) is 5.69 Å². The summed E-state index contributed by atoms with van der Waals surface area (Å²) in [6.07, 6.45) is 3.79. The summed E-state index contributed by atoms with van der Waals surface area (Å²) in [5.41, 5.74) is 2.56. The van der Waals surface area contributed by atoms with E-state index in [0.29, 0.717) is 33.9 Å². The van der Waals surface area contributed by atoms with Crippen LogP contribution in [0.2, 0.25) is 0 Å². The standard InChI is InChI=1S/C26H28N2O5S2/c1-3-31-22-13-18(14-23-25(30)28(26(34)35-23)15-20-8-5-11-32-20)9-10-21(22)33-16-24(29)27-19-7-4-6-17(2)12-19/h4,6-7,9-10,12-14,20H,3,5,8,11,15-16H2,1-2H3,(H,27,29)/b23-14-/t20-/m1/s1. The van der Waals surface area contributed by atoms with Crippen molar-refractivity contribution in [2.45, 2.75) is 32.8 Å². The van der Waals surface area contributed by atoms with E-state index in [4.69, 9.17) is 26.4 Å². The van der Waals surface area contributed by atoms with Gasteiger partial charge < -0.3 is 19.5 Å². The van der Waals surface area contributed by atoms with Crippen LogP contribution in [-0.4, -0.2) is 53.5 Å². The second kappa shape index (κ2) is 11.7. The third-order valence-electron chi connectivity index (χ3n) is 5.51. The topological polar surface area (TPSA) is 77.1 Å². The molecule has 0 saturated carbocycles. The zero-order chi connectivity index (χ0) is 24.8. The lowest BCUT2D eigenvalue weighted by Gasteiger charge is -2.18. The first-order chi connectivity index (χ1) is 16.9. The van der Waals surface area contributed by atoms with Crippen LogP contribution in [0, 0.1) is 6.92 Å². The van der Waals surface area contributed by atoms with E-state index in [9.17, 15) is 9.59 Å². The molecule has 0 aromatic heterocycles. The lowest BCUT2D eigenvalue weighted by molar-refractivity contribution is -0.123. The fraction of sp³-hybridized carbons (Fsp3) is 0.346. The zero-order valence-corrected chi connectivity index (χ0v) is 21.4. The molecule has 1 N–H and O–H groups in total. The summed E-state index contributed by atoms with van der Waals surface area (Å²) in [4.78, 5) is 27.4. The van der Waals surface area contributed by atoms with Crippen molar-refractivity contribution >= 4 is 51.9 Å². The van der Waals surface area contributed by atoms with Gasteiger partial charge in [-0.3, -0.25) is 14.5 Å². The number of carbonyl (C=O) groups excluding carboxylic acids is 2.